The molecule has 0 aliphatic rings. The number of carboxylic acid groups (broad SMARTS) is 1. The first-order valence-corrected chi connectivity index (χ1v) is 23.0. The average molecular weight is 786 g/mol. The van der Waals surface area contributed by atoms with Crippen molar-refractivity contribution in [2.75, 3.05) is 26.4 Å². The van der Waals surface area contributed by atoms with Crippen LogP contribution >= 0.6 is 7.82 Å². The van der Waals surface area contributed by atoms with Crippen LogP contribution in [0.15, 0.2) is 36.5 Å². The molecule has 316 valence electrons. The number of nitrogens with two attached hydrogens (primary N) is 1. The van der Waals surface area contributed by atoms with Gasteiger partial charge in [0.25, 0.3) is 0 Å². The van der Waals surface area contributed by atoms with Crippen LogP contribution in [0, 0.1) is 0 Å². The fourth-order valence-electron chi connectivity index (χ4n) is 5.75. The summed E-state index contributed by atoms with van der Waals surface area (Å²) in [6.45, 7) is 3.81. The highest BCUT2D eigenvalue weighted by Gasteiger charge is 2.27. The Kier molecular flexibility index (Phi) is 38.1. The van der Waals surface area contributed by atoms with Crippen LogP contribution in [0.2, 0.25) is 0 Å². The summed E-state index contributed by atoms with van der Waals surface area (Å²) < 4.78 is 33.3. The summed E-state index contributed by atoms with van der Waals surface area (Å²) >= 11 is 0. The van der Waals surface area contributed by atoms with Gasteiger partial charge < -0.3 is 25.2 Å². The summed E-state index contributed by atoms with van der Waals surface area (Å²) in [5.41, 5.74) is 5.35. The monoisotopic (exact) mass is 786 g/mol. The maximum atomic E-state index is 12.6. The molecule has 10 nitrogen and oxygen atoms in total. The molecule has 0 aromatic rings. The molecule has 4 N–H and O–H groups in total. The molecular formula is C43H80NO9P. The minimum absolute atomic E-state index is 0.0122. The molecule has 0 aromatic heterocycles. The summed E-state index contributed by atoms with van der Waals surface area (Å²) in [4.78, 5) is 33.5. The first kappa shape index (κ1) is 52.2. The third-order valence-corrected chi connectivity index (χ3v) is 10.1. The highest BCUT2D eigenvalue weighted by molar-refractivity contribution is 7.47. The number of carbonyl (C=O) groups is 2. The second-order valence-electron chi connectivity index (χ2n) is 14.5. The number of aliphatic carboxylic acids is 1. The highest BCUT2D eigenvalue weighted by atomic mass is 31.2. The molecular weight excluding hydrogens is 705 g/mol. The molecule has 54 heavy (non-hydrogen) atoms. The lowest BCUT2D eigenvalue weighted by Gasteiger charge is -2.20. The summed E-state index contributed by atoms with van der Waals surface area (Å²) in [7, 11) is -4.61. The van der Waals surface area contributed by atoms with E-state index in [-0.39, 0.29) is 13.0 Å². The van der Waals surface area contributed by atoms with Crippen LogP contribution in [0.3, 0.4) is 0 Å². The summed E-state index contributed by atoms with van der Waals surface area (Å²) in [5, 5.41) is 8.88. The van der Waals surface area contributed by atoms with Crippen LogP contribution in [0.25, 0.3) is 0 Å². The lowest BCUT2D eigenvalue weighted by atomic mass is 10.1. The predicted molar refractivity (Wildman–Crippen MR) is 221 cm³/mol. The van der Waals surface area contributed by atoms with Crippen LogP contribution in [0.4, 0.5) is 0 Å². The molecule has 0 aliphatic heterocycles. The van der Waals surface area contributed by atoms with Gasteiger partial charge in [-0.05, 0) is 70.6 Å². The van der Waals surface area contributed by atoms with Crippen molar-refractivity contribution in [1.82, 2.24) is 0 Å². The Morgan fingerprint density at radius 3 is 1.52 bits per heavy atom. The van der Waals surface area contributed by atoms with E-state index < -0.39 is 45.1 Å². The lowest BCUT2D eigenvalue weighted by molar-refractivity contribution is -0.154. The van der Waals surface area contributed by atoms with E-state index in [2.05, 4.69) is 50.3 Å². The predicted octanol–water partition coefficient (Wildman–Crippen LogP) is 11.7. The SMILES string of the molecule is CCCCC/C=C\C/C=C\CCCCCCCCCCCCOCC(COP(=O)(O)OCC(N)C(=O)O)OC(=O)CCCCCCC/C=C\CCCCC. The zero-order valence-electron chi connectivity index (χ0n) is 34.3. The van der Waals surface area contributed by atoms with Gasteiger partial charge in [0, 0.05) is 13.0 Å². The minimum Gasteiger partial charge on any atom is -0.480 e. The second-order valence-corrected chi connectivity index (χ2v) is 15.9. The third kappa shape index (κ3) is 38.5. The molecule has 0 radical (unpaired) electrons. The molecule has 0 aromatic carbocycles. The molecule has 3 atom stereocenters. The fraction of sp³-hybridized carbons (Fsp3) is 0.814. The van der Waals surface area contributed by atoms with E-state index in [4.69, 9.17) is 29.4 Å². The van der Waals surface area contributed by atoms with Crippen molar-refractivity contribution in [3.8, 4) is 0 Å². The topological polar surface area (TPSA) is 155 Å². The van der Waals surface area contributed by atoms with Crippen molar-refractivity contribution >= 4 is 19.8 Å². The van der Waals surface area contributed by atoms with Crippen molar-refractivity contribution in [1.29, 1.82) is 0 Å². The van der Waals surface area contributed by atoms with Crippen molar-refractivity contribution in [3.63, 3.8) is 0 Å². The number of hydrogen-bond acceptors (Lipinski definition) is 8. The van der Waals surface area contributed by atoms with E-state index in [9.17, 15) is 19.0 Å². The molecule has 0 aliphatic carbocycles. The Morgan fingerprint density at radius 2 is 1.02 bits per heavy atom. The van der Waals surface area contributed by atoms with E-state index in [0.29, 0.717) is 13.0 Å². The van der Waals surface area contributed by atoms with Crippen molar-refractivity contribution in [2.24, 2.45) is 5.73 Å². The Labute approximate surface area is 329 Å². The summed E-state index contributed by atoms with van der Waals surface area (Å²) in [5.74, 6) is -1.79. The Balaban J connectivity index is 4.20. The van der Waals surface area contributed by atoms with E-state index in [1.54, 1.807) is 0 Å². The number of esters is 1. The molecule has 0 spiro atoms. The maximum Gasteiger partial charge on any atom is 0.472 e. The van der Waals surface area contributed by atoms with Gasteiger partial charge >= 0.3 is 19.8 Å². The number of unbranched alkanes of at least 4 members (excludes halogenated alkanes) is 21. The molecule has 0 saturated heterocycles. The quantitative estimate of drug-likeness (QED) is 0.0236. The number of carboxylic acids is 1. The van der Waals surface area contributed by atoms with Gasteiger partial charge in [-0.25, -0.2) is 4.57 Å². The molecule has 0 heterocycles. The van der Waals surface area contributed by atoms with Crippen molar-refractivity contribution in [3.05, 3.63) is 36.5 Å². The molecule has 0 rings (SSSR count). The van der Waals surface area contributed by atoms with Gasteiger partial charge in [-0.3, -0.25) is 18.6 Å². The number of rotatable bonds is 41. The van der Waals surface area contributed by atoms with Crippen LogP contribution in [-0.2, 0) is 32.7 Å². The Bertz CT molecular complexity index is 1000. The van der Waals surface area contributed by atoms with Gasteiger partial charge in [-0.15, -0.1) is 0 Å². The van der Waals surface area contributed by atoms with Crippen molar-refractivity contribution < 1.29 is 42.7 Å². The molecule has 3 unspecified atom stereocenters. The minimum atomic E-state index is -4.61. The summed E-state index contributed by atoms with van der Waals surface area (Å²) in [6.07, 6.45) is 43.4. The fourth-order valence-corrected chi connectivity index (χ4v) is 6.52. The van der Waals surface area contributed by atoms with Gasteiger partial charge in [0.1, 0.15) is 12.1 Å². The zero-order chi connectivity index (χ0) is 39.8. The molecule has 0 amide bonds. The standard InChI is InChI=1S/C43H80NO9P/c1-3-5-7-9-11-13-15-17-18-19-20-21-22-23-24-26-28-30-32-34-36-50-37-40(38-51-54(48,49)52-39-41(44)43(46)47)53-42(45)35-33-31-29-27-25-16-14-12-10-8-6-4-2/h11-14,17-18,40-41H,3-10,15-16,19-39,44H2,1-2H3,(H,46,47)(H,48,49)/b13-11-,14-12-,18-17-. The van der Waals surface area contributed by atoms with Crippen LogP contribution in [0.5, 0.6) is 0 Å². The largest absolute Gasteiger partial charge is 0.480 e. The maximum absolute atomic E-state index is 12.6. The molecule has 0 fully saturated rings. The first-order chi connectivity index (χ1) is 26.2. The number of allylic oxidation sites excluding steroid dienone is 6. The number of phosphoric acid groups is 1. The van der Waals surface area contributed by atoms with Crippen molar-refractivity contribution in [2.45, 2.75) is 199 Å². The smallest absolute Gasteiger partial charge is 0.472 e. The van der Waals surface area contributed by atoms with Gasteiger partial charge in [0.2, 0.25) is 0 Å². The van der Waals surface area contributed by atoms with E-state index >= 15 is 0 Å². The second kappa shape index (κ2) is 39.4. The highest BCUT2D eigenvalue weighted by Crippen LogP contribution is 2.43. The lowest BCUT2D eigenvalue weighted by Crippen LogP contribution is -2.34. The molecule has 0 saturated carbocycles. The van der Waals surface area contributed by atoms with Gasteiger partial charge in [-0.1, -0.05) is 147 Å². The van der Waals surface area contributed by atoms with Crippen LogP contribution in [-0.4, -0.2) is 60.5 Å². The van der Waals surface area contributed by atoms with E-state index in [1.807, 2.05) is 0 Å². The van der Waals surface area contributed by atoms with E-state index in [1.165, 1.54) is 96.3 Å². The number of hydrogen-bond donors (Lipinski definition) is 3. The van der Waals surface area contributed by atoms with Gasteiger partial charge in [-0.2, -0.15) is 0 Å². The van der Waals surface area contributed by atoms with Gasteiger partial charge in [0.05, 0.1) is 19.8 Å². The molecule has 0 bridgehead atoms. The zero-order valence-corrected chi connectivity index (χ0v) is 35.2. The Morgan fingerprint density at radius 1 is 0.593 bits per heavy atom. The summed E-state index contributed by atoms with van der Waals surface area (Å²) in [6, 6.07) is -1.47. The normalized spacial score (nSPS) is 14.3. The van der Waals surface area contributed by atoms with Crippen LogP contribution < -0.4 is 5.73 Å². The average Bonchev–Trinajstić information content (AvgIpc) is 3.15. The number of phosphoric ester groups is 1. The Hall–Kier alpha value is -1.81. The third-order valence-electron chi connectivity index (χ3n) is 9.14. The molecule has 11 heteroatoms. The van der Waals surface area contributed by atoms with Gasteiger partial charge in [0.15, 0.2) is 0 Å². The van der Waals surface area contributed by atoms with Crippen LogP contribution in [0.1, 0.15) is 187 Å². The number of ether oxygens (including phenoxy) is 2. The van der Waals surface area contributed by atoms with E-state index in [0.717, 1.165) is 64.2 Å². The number of carbonyl (C=O) groups excluding carboxylic acids is 1. The first-order valence-electron chi connectivity index (χ1n) is 21.5.